The van der Waals surface area contributed by atoms with Crippen LogP contribution in [-0.4, -0.2) is 80.4 Å². The Kier molecular flexibility index (Phi) is 10.7. The van der Waals surface area contributed by atoms with Crippen LogP contribution >= 0.6 is 0 Å². The monoisotopic (exact) mass is 705 g/mol. The number of nitrogens with zero attached hydrogens (tertiary/aromatic N) is 4. The van der Waals surface area contributed by atoms with E-state index < -0.39 is 12.1 Å². The van der Waals surface area contributed by atoms with Crippen molar-refractivity contribution in [1.29, 1.82) is 0 Å². The van der Waals surface area contributed by atoms with E-state index in [1.807, 2.05) is 31.1 Å². The Morgan fingerprint density at radius 2 is 1.31 bits per heavy atom. The zero-order valence-electron chi connectivity index (χ0n) is 30.6. The number of H-pyrrole nitrogens is 2. The number of ether oxygens (including phenoxy) is 1. The number of alkyl carbamates (subject to hydrolysis) is 1. The number of amides is 3. The Hall–Kier alpha value is -4.93. The van der Waals surface area contributed by atoms with Gasteiger partial charge in [0, 0.05) is 31.5 Å². The van der Waals surface area contributed by atoms with E-state index in [2.05, 4.69) is 73.7 Å². The molecule has 274 valence electrons. The van der Waals surface area contributed by atoms with Crippen molar-refractivity contribution in [3.63, 3.8) is 0 Å². The molecule has 2 aromatic heterocycles. The number of aromatic amines is 2. The lowest BCUT2D eigenvalue weighted by Gasteiger charge is -2.35. The van der Waals surface area contributed by atoms with Gasteiger partial charge in [-0.15, -0.1) is 0 Å². The molecule has 11 nitrogen and oxygen atoms in total. The summed E-state index contributed by atoms with van der Waals surface area (Å²) in [7, 11) is 1.30. The SMILES string of the molecule is COC(=O)N[C@H](C(=O)N1CCC[C@H]1c1ncc(-c2ccc(-c3ccc(-c4cnc(C5CCCCC5C(=O)N5CCCCC5)[nH]4)cc3)cc2)[nH]1)C(C)C. The summed E-state index contributed by atoms with van der Waals surface area (Å²) >= 11 is 0. The fraction of sp³-hybridized carbons (Fsp3) is 0.488. The van der Waals surface area contributed by atoms with E-state index in [-0.39, 0.29) is 29.7 Å². The first-order valence-electron chi connectivity index (χ1n) is 19.1. The second-order valence-corrected chi connectivity index (χ2v) is 14.9. The fourth-order valence-corrected chi connectivity index (χ4v) is 8.30. The Morgan fingerprint density at radius 1 is 0.731 bits per heavy atom. The van der Waals surface area contributed by atoms with Crippen LogP contribution in [0.15, 0.2) is 60.9 Å². The highest BCUT2D eigenvalue weighted by Gasteiger charge is 2.38. The van der Waals surface area contributed by atoms with Crippen molar-refractivity contribution in [3.05, 3.63) is 72.6 Å². The molecule has 11 heteroatoms. The van der Waals surface area contributed by atoms with Crippen molar-refractivity contribution >= 4 is 17.9 Å². The molecular weight excluding hydrogens is 654 g/mol. The van der Waals surface area contributed by atoms with Gasteiger partial charge in [-0.25, -0.2) is 14.8 Å². The Morgan fingerprint density at radius 3 is 1.92 bits per heavy atom. The topological polar surface area (TPSA) is 136 Å². The minimum Gasteiger partial charge on any atom is -0.453 e. The van der Waals surface area contributed by atoms with Crippen LogP contribution in [0.2, 0.25) is 0 Å². The summed E-state index contributed by atoms with van der Waals surface area (Å²) in [6, 6.07) is 16.0. The average molecular weight is 706 g/mol. The van der Waals surface area contributed by atoms with Gasteiger partial charge in [-0.05, 0) is 73.1 Å². The summed E-state index contributed by atoms with van der Waals surface area (Å²) < 4.78 is 4.76. The molecule has 0 radical (unpaired) electrons. The van der Waals surface area contributed by atoms with Gasteiger partial charge in [-0.3, -0.25) is 9.59 Å². The molecule has 3 N–H and O–H groups in total. The predicted octanol–water partition coefficient (Wildman–Crippen LogP) is 7.46. The third-order valence-corrected chi connectivity index (χ3v) is 11.3. The van der Waals surface area contributed by atoms with Crippen molar-refractivity contribution in [3.8, 4) is 33.6 Å². The van der Waals surface area contributed by atoms with Crippen LogP contribution in [0.1, 0.15) is 95.2 Å². The number of rotatable bonds is 9. The second-order valence-electron chi connectivity index (χ2n) is 14.9. The van der Waals surface area contributed by atoms with Crippen LogP contribution in [0.4, 0.5) is 4.79 Å². The molecule has 2 aromatic carbocycles. The zero-order chi connectivity index (χ0) is 36.2. The summed E-state index contributed by atoms with van der Waals surface area (Å²) in [6.45, 7) is 6.23. The highest BCUT2D eigenvalue weighted by atomic mass is 16.5. The maximum Gasteiger partial charge on any atom is 0.407 e. The Bertz CT molecular complexity index is 1840. The number of nitrogens with one attached hydrogen (secondary N) is 3. The van der Waals surface area contributed by atoms with Gasteiger partial charge in [0.2, 0.25) is 11.8 Å². The van der Waals surface area contributed by atoms with Crippen LogP contribution in [-0.2, 0) is 14.3 Å². The highest BCUT2D eigenvalue weighted by molar-refractivity contribution is 5.86. The van der Waals surface area contributed by atoms with Crippen molar-refractivity contribution in [2.75, 3.05) is 26.7 Å². The molecule has 4 heterocycles. The van der Waals surface area contributed by atoms with Gasteiger partial charge < -0.3 is 29.8 Å². The van der Waals surface area contributed by atoms with E-state index >= 15 is 0 Å². The van der Waals surface area contributed by atoms with E-state index in [1.54, 1.807) is 0 Å². The van der Waals surface area contributed by atoms with Gasteiger partial charge in [0.1, 0.15) is 17.7 Å². The summed E-state index contributed by atoms with van der Waals surface area (Å²) in [5.74, 6) is 1.96. The molecule has 2 unspecified atom stereocenters. The molecule has 3 aliphatic rings. The summed E-state index contributed by atoms with van der Waals surface area (Å²) in [5, 5.41) is 2.70. The third-order valence-electron chi connectivity index (χ3n) is 11.3. The number of benzene rings is 2. The standard InChI is InChI=1S/C41H51N7O4/c1-26(2)36(46-41(51)52-3)40(50)48-23-9-12-35(48)38-43-25-34(45-38)30-19-15-28(16-20-30)27-13-17-29(18-14-27)33-24-42-37(44-33)31-10-5-6-11-32(31)39(49)47-21-7-4-8-22-47/h13-20,24-26,31-32,35-36H,4-12,21-23H2,1-3H3,(H,42,44)(H,43,45)(H,46,51)/t31?,32?,35-,36-/m0/s1. The number of methoxy groups -OCH3 is 1. The van der Waals surface area contributed by atoms with Gasteiger partial charge >= 0.3 is 6.09 Å². The Balaban J connectivity index is 1.00. The van der Waals surface area contributed by atoms with Gasteiger partial charge in [0.05, 0.1) is 36.9 Å². The maximum absolute atomic E-state index is 13.5. The highest BCUT2D eigenvalue weighted by Crippen LogP contribution is 2.39. The number of carbonyl (C=O) groups excluding carboxylic acids is 3. The van der Waals surface area contributed by atoms with Crippen LogP contribution in [0, 0.1) is 11.8 Å². The lowest BCUT2D eigenvalue weighted by molar-refractivity contribution is -0.138. The third kappa shape index (κ3) is 7.49. The van der Waals surface area contributed by atoms with Crippen molar-refractivity contribution in [2.24, 2.45) is 11.8 Å². The summed E-state index contributed by atoms with van der Waals surface area (Å²) in [5.41, 5.74) is 6.15. The quantitative estimate of drug-likeness (QED) is 0.165. The Labute approximate surface area is 306 Å². The molecular formula is C41H51N7O4. The van der Waals surface area contributed by atoms with Gasteiger partial charge in [0.15, 0.2) is 0 Å². The second kappa shape index (κ2) is 15.8. The van der Waals surface area contributed by atoms with Gasteiger partial charge in [0.25, 0.3) is 0 Å². The summed E-state index contributed by atoms with van der Waals surface area (Å²) in [4.78, 5) is 59.4. The maximum atomic E-state index is 13.5. The number of hydrogen-bond donors (Lipinski definition) is 3. The molecule has 2 aliphatic heterocycles. The number of aromatic nitrogens is 4. The fourth-order valence-electron chi connectivity index (χ4n) is 8.30. The van der Waals surface area contributed by atoms with Crippen LogP contribution in [0.5, 0.6) is 0 Å². The minimum atomic E-state index is -0.670. The molecule has 1 aliphatic carbocycles. The molecule has 7 rings (SSSR count). The molecule has 3 amide bonds. The number of likely N-dealkylation sites (tertiary alicyclic amines) is 2. The number of imidazole rings is 2. The first-order valence-corrected chi connectivity index (χ1v) is 19.1. The largest absolute Gasteiger partial charge is 0.453 e. The zero-order valence-corrected chi connectivity index (χ0v) is 30.6. The molecule has 52 heavy (non-hydrogen) atoms. The lowest BCUT2D eigenvalue weighted by Crippen LogP contribution is -2.51. The first-order chi connectivity index (χ1) is 25.3. The average Bonchev–Trinajstić information content (AvgIpc) is 3.99. The minimum absolute atomic E-state index is 0.0190. The molecule has 1 saturated carbocycles. The normalized spacial score (nSPS) is 21.3. The van der Waals surface area contributed by atoms with Crippen molar-refractivity contribution in [2.45, 2.75) is 89.6 Å². The number of piperidine rings is 1. The van der Waals surface area contributed by atoms with E-state index in [0.717, 1.165) is 110 Å². The van der Waals surface area contributed by atoms with Crippen molar-refractivity contribution < 1.29 is 19.1 Å². The summed E-state index contributed by atoms with van der Waals surface area (Å²) in [6.07, 6.45) is 12.4. The number of hydrogen-bond acceptors (Lipinski definition) is 6. The predicted molar refractivity (Wildman–Crippen MR) is 200 cm³/mol. The number of carbonyl (C=O) groups is 3. The molecule has 4 aromatic rings. The smallest absolute Gasteiger partial charge is 0.407 e. The lowest BCUT2D eigenvalue weighted by atomic mass is 9.77. The molecule has 3 fully saturated rings. The molecule has 4 atom stereocenters. The molecule has 0 bridgehead atoms. The molecule has 2 saturated heterocycles. The van der Waals surface area contributed by atoms with E-state index in [4.69, 9.17) is 9.72 Å². The van der Waals surface area contributed by atoms with E-state index in [1.165, 1.54) is 13.5 Å². The van der Waals surface area contributed by atoms with Crippen LogP contribution < -0.4 is 5.32 Å². The van der Waals surface area contributed by atoms with Crippen LogP contribution in [0.25, 0.3) is 33.6 Å². The first kappa shape index (κ1) is 35.5. The van der Waals surface area contributed by atoms with Crippen molar-refractivity contribution in [1.82, 2.24) is 35.1 Å². The molecule has 0 spiro atoms. The van der Waals surface area contributed by atoms with Gasteiger partial charge in [-0.2, -0.15) is 0 Å². The van der Waals surface area contributed by atoms with E-state index in [9.17, 15) is 14.4 Å². The van der Waals surface area contributed by atoms with Gasteiger partial charge in [-0.1, -0.05) is 75.2 Å². The van der Waals surface area contributed by atoms with E-state index in [0.29, 0.717) is 12.5 Å². The van der Waals surface area contributed by atoms with Crippen LogP contribution in [0.3, 0.4) is 0 Å².